The first-order chi connectivity index (χ1) is 11.0. The average Bonchev–Trinajstić information content (AvgIpc) is 2.55. The Morgan fingerprint density at radius 1 is 1.28 bits per heavy atom. The smallest absolute Gasteiger partial charge is 0.226 e. The summed E-state index contributed by atoms with van der Waals surface area (Å²) >= 11 is 6.09. The normalized spacial score (nSPS) is 15.8. The number of ether oxygens (including phenoxy) is 1. The van der Waals surface area contributed by atoms with Crippen LogP contribution in [-0.4, -0.2) is 62.6 Å². The number of halogens is 3. The molecule has 144 valence electrons. The third-order valence-corrected chi connectivity index (χ3v) is 4.49. The highest BCUT2D eigenvalue weighted by Gasteiger charge is 2.24. The zero-order valence-corrected chi connectivity index (χ0v) is 17.3. The number of piperazine rings is 1. The molecule has 1 aliphatic heterocycles. The van der Waals surface area contributed by atoms with Gasteiger partial charge in [0.25, 0.3) is 0 Å². The van der Waals surface area contributed by atoms with E-state index in [0.717, 1.165) is 55.6 Å². The molecule has 0 aliphatic carbocycles. The van der Waals surface area contributed by atoms with Gasteiger partial charge in [0.05, 0.1) is 7.11 Å². The summed E-state index contributed by atoms with van der Waals surface area (Å²) in [6.07, 6.45) is 0. The number of hydrogen-bond acceptors (Lipinski definition) is 4. The Morgan fingerprint density at radius 3 is 2.48 bits per heavy atom. The maximum atomic E-state index is 12.3. The minimum atomic E-state index is 0. The van der Waals surface area contributed by atoms with Gasteiger partial charge in [0.1, 0.15) is 5.75 Å². The molecule has 0 bridgehead atoms. The zero-order valence-electron chi connectivity index (χ0n) is 15.0. The third kappa shape index (κ3) is 6.83. The lowest BCUT2D eigenvalue weighted by Gasteiger charge is -2.36. The van der Waals surface area contributed by atoms with E-state index in [1.807, 2.05) is 37.1 Å². The Balaban J connectivity index is 0.00000288. The molecule has 1 atom stereocenters. The number of nitrogens with one attached hydrogen (secondary N) is 1. The minimum absolute atomic E-state index is 0. The van der Waals surface area contributed by atoms with Crippen LogP contribution in [0.25, 0.3) is 0 Å². The molecule has 2 rings (SSSR count). The van der Waals surface area contributed by atoms with Gasteiger partial charge in [-0.2, -0.15) is 0 Å². The van der Waals surface area contributed by atoms with Crippen molar-refractivity contribution in [2.45, 2.75) is 13.5 Å². The second kappa shape index (κ2) is 11.8. The highest BCUT2D eigenvalue weighted by atomic mass is 35.5. The molecule has 1 unspecified atom stereocenters. The van der Waals surface area contributed by atoms with Gasteiger partial charge in [-0.25, -0.2) is 0 Å². The number of amides is 1. The summed E-state index contributed by atoms with van der Waals surface area (Å²) in [7, 11) is 3.55. The van der Waals surface area contributed by atoms with Gasteiger partial charge in [0.15, 0.2) is 0 Å². The molecule has 1 aliphatic rings. The van der Waals surface area contributed by atoms with E-state index in [1.165, 1.54) is 0 Å². The van der Waals surface area contributed by atoms with E-state index < -0.39 is 0 Å². The van der Waals surface area contributed by atoms with Crippen LogP contribution in [0, 0.1) is 5.92 Å². The third-order valence-electron chi connectivity index (χ3n) is 4.25. The van der Waals surface area contributed by atoms with E-state index in [4.69, 9.17) is 16.3 Å². The molecule has 1 N–H and O–H groups in total. The molecule has 1 aromatic rings. The van der Waals surface area contributed by atoms with Crippen LogP contribution < -0.4 is 10.1 Å². The van der Waals surface area contributed by atoms with E-state index in [2.05, 4.69) is 10.2 Å². The fourth-order valence-corrected chi connectivity index (χ4v) is 3.14. The van der Waals surface area contributed by atoms with Crippen molar-refractivity contribution < 1.29 is 9.53 Å². The van der Waals surface area contributed by atoms with Crippen molar-refractivity contribution in [3.63, 3.8) is 0 Å². The van der Waals surface area contributed by atoms with Crippen molar-refractivity contribution in [1.82, 2.24) is 15.1 Å². The van der Waals surface area contributed by atoms with E-state index >= 15 is 0 Å². The Hall–Kier alpha value is -0.720. The maximum Gasteiger partial charge on any atom is 0.226 e. The molecule has 1 saturated heterocycles. The van der Waals surface area contributed by atoms with Crippen LogP contribution in [0.4, 0.5) is 0 Å². The van der Waals surface area contributed by atoms with Crippen molar-refractivity contribution in [3.8, 4) is 5.75 Å². The van der Waals surface area contributed by atoms with Gasteiger partial charge in [0, 0.05) is 55.8 Å². The zero-order chi connectivity index (χ0) is 16.8. The van der Waals surface area contributed by atoms with Crippen molar-refractivity contribution >= 4 is 42.3 Å². The van der Waals surface area contributed by atoms with Crippen molar-refractivity contribution in [2.24, 2.45) is 5.92 Å². The number of hydrogen-bond donors (Lipinski definition) is 1. The van der Waals surface area contributed by atoms with E-state index in [9.17, 15) is 4.79 Å². The van der Waals surface area contributed by atoms with E-state index in [-0.39, 0.29) is 36.6 Å². The molecule has 0 aromatic heterocycles. The van der Waals surface area contributed by atoms with Crippen LogP contribution >= 0.6 is 36.4 Å². The highest BCUT2D eigenvalue weighted by Crippen LogP contribution is 2.24. The van der Waals surface area contributed by atoms with Crippen molar-refractivity contribution in [2.75, 3.05) is 46.9 Å². The van der Waals surface area contributed by atoms with Crippen LogP contribution in [0.3, 0.4) is 0 Å². The topological polar surface area (TPSA) is 44.8 Å². The summed E-state index contributed by atoms with van der Waals surface area (Å²) in [6.45, 7) is 6.77. The average molecular weight is 413 g/mol. The molecule has 1 fully saturated rings. The van der Waals surface area contributed by atoms with Gasteiger partial charge < -0.3 is 15.0 Å². The standard InChI is InChI=1S/C17H26ClN3O2.2ClH/c1-13(11-19-2)17(22)21-8-6-20(7-9-21)12-14-10-15(18)4-5-16(14)23-3;;/h4-5,10,13,19H,6-9,11-12H2,1-3H3;2*1H. The predicted octanol–water partition coefficient (Wildman–Crippen LogP) is 2.69. The molecule has 8 heteroatoms. The van der Waals surface area contributed by atoms with E-state index in [1.54, 1.807) is 7.11 Å². The predicted molar refractivity (Wildman–Crippen MR) is 107 cm³/mol. The number of methoxy groups -OCH3 is 1. The number of carbonyl (C=O) groups excluding carboxylic acids is 1. The van der Waals surface area contributed by atoms with Crippen LogP contribution in [0.5, 0.6) is 5.75 Å². The van der Waals surface area contributed by atoms with Gasteiger partial charge in [0.2, 0.25) is 5.91 Å². The molecule has 1 amide bonds. The van der Waals surface area contributed by atoms with Gasteiger partial charge in [-0.05, 0) is 25.2 Å². The molecular weight excluding hydrogens is 385 g/mol. The van der Waals surface area contributed by atoms with Crippen LogP contribution in [-0.2, 0) is 11.3 Å². The lowest BCUT2D eigenvalue weighted by atomic mass is 10.1. The number of nitrogens with zero attached hydrogens (tertiary/aromatic N) is 2. The highest BCUT2D eigenvalue weighted by molar-refractivity contribution is 6.30. The van der Waals surface area contributed by atoms with Gasteiger partial charge in [-0.15, -0.1) is 24.8 Å². The molecule has 1 aromatic carbocycles. The minimum Gasteiger partial charge on any atom is -0.496 e. The second-order valence-electron chi connectivity index (χ2n) is 6.02. The monoisotopic (exact) mass is 411 g/mol. The fraction of sp³-hybridized carbons (Fsp3) is 0.588. The molecule has 1 heterocycles. The second-order valence-corrected chi connectivity index (χ2v) is 6.45. The summed E-state index contributed by atoms with van der Waals surface area (Å²) < 4.78 is 5.40. The van der Waals surface area contributed by atoms with Crippen molar-refractivity contribution in [1.29, 1.82) is 0 Å². The lowest BCUT2D eigenvalue weighted by Crippen LogP contribution is -2.50. The van der Waals surface area contributed by atoms with Crippen LogP contribution in [0.2, 0.25) is 5.02 Å². The first-order valence-corrected chi connectivity index (χ1v) is 8.41. The molecule has 5 nitrogen and oxygen atoms in total. The van der Waals surface area contributed by atoms with Gasteiger partial charge >= 0.3 is 0 Å². The largest absolute Gasteiger partial charge is 0.496 e. The van der Waals surface area contributed by atoms with Crippen molar-refractivity contribution in [3.05, 3.63) is 28.8 Å². The Labute approximate surface area is 167 Å². The summed E-state index contributed by atoms with van der Waals surface area (Å²) in [5.74, 6) is 1.12. The van der Waals surface area contributed by atoms with Gasteiger partial charge in [-0.1, -0.05) is 18.5 Å². The SMILES string of the molecule is CNCC(C)C(=O)N1CCN(Cc2cc(Cl)ccc2OC)CC1.Cl.Cl. The maximum absolute atomic E-state index is 12.3. The Bertz CT molecular complexity index is 538. The summed E-state index contributed by atoms with van der Waals surface area (Å²) in [5.41, 5.74) is 1.09. The summed E-state index contributed by atoms with van der Waals surface area (Å²) in [5, 5.41) is 3.78. The lowest BCUT2D eigenvalue weighted by molar-refractivity contribution is -0.136. The fourth-order valence-electron chi connectivity index (χ4n) is 2.94. The van der Waals surface area contributed by atoms with Crippen LogP contribution in [0.1, 0.15) is 12.5 Å². The van der Waals surface area contributed by atoms with E-state index in [0.29, 0.717) is 0 Å². The molecule has 25 heavy (non-hydrogen) atoms. The Kier molecular flexibility index (Phi) is 11.5. The summed E-state index contributed by atoms with van der Waals surface area (Å²) in [6, 6.07) is 5.69. The number of carbonyl (C=O) groups is 1. The number of benzene rings is 1. The van der Waals surface area contributed by atoms with Crippen LogP contribution in [0.15, 0.2) is 18.2 Å². The first kappa shape index (κ1) is 24.3. The molecule has 0 radical (unpaired) electrons. The molecule has 0 spiro atoms. The first-order valence-electron chi connectivity index (χ1n) is 8.03. The quantitative estimate of drug-likeness (QED) is 0.780. The summed E-state index contributed by atoms with van der Waals surface area (Å²) in [4.78, 5) is 16.6. The Morgan fingerprint density at radius 2 is 1.92 bits per heavy atom. The number of rotatable bonds is 6. The van der Waals surface area contributed by atoms with Gasteiger partial charge in [-0.3, -0.25) is 9.69 Å². The molecular formula is C17H28Cl3N3O2. The molecule has 0 saturated carbocycles.